The van der Waals surface area contributed by atoms with E-state index in [1.165, 1.54) is 23.1 Å². The summed E-state index contributed by atoms with van der Waals surface area (Å²) >= 11 is 0. The molecule has 2 atom stereocenters. The zero-order valence-corrected chi connectivity index (χ0v) is 16.6. The number of carbonyl (C=O) groups excluding carboxylic acids is 3. The fraction of sp³-hybridized carbons (Fsp3) is 0.304. The van der Waals surface area contributed by atoms with Crippen LogP contribution in [0.1, 0.15) is 48.5 Å². The minimum atomic E-state index is -0.513. The van der Waals surface area contributed by atoms with E-state index in [4.69, 9.17) is 0 Å². The molecule has 7 heteroatoms. The number of carbonyl (C=O) groups is 3. The number of benzene rings is 2. The van der Waals surface area contributed by atoms with Gasteiger partial charge in [0, 0.05) is 5.56 Å². The van der Waals surface area contributed by atoms with Gasteiger partial charge in [-0.3, -0.25) is 19.3 Å². The van der Waals surface area contributed by atoms with Gasteiger partial charge in [-0.15, -0.1) is 0 Å². The molecule has 2 aliphatic rings. The highest BCUT2D eigenvalue weighted by Gasteiger charge is 2.48. The van der Waals surface area contributed by atoms with Crippen LogP contribution in [0.2, 0.25) is 0 Å². The lowest BCUT2D eigenvalue weighted by Gasteiger charge is -2.19. The van der Waals surface area contributed by atoms with Crippen molar-refractivity contribution in [2.75, 3.05) is 4.90 Å². The van der Waals surface area contributed by atoms with E-state index in [2.05, 4.69) is 10.5 Å². The molecule has 4 rings (SSSR count). The van der Waals surface area contributed by atoms with Crippen molar-refractivity contribution in [3.8, 4) is 0 Å². The molecule has 1 aliphatic carbocycles. The van der Waals surface area contributed by atoms with E-state index in [1.807, 2.05) is 0 Å². The molecule has 2 fully saturated rings. The Morgan fingerprint density at radius 2 is 1.63 bits per heavy atom. The van der Waals surface area contributed by atoms with Crippen LogP contribution in [0.3, 0.4) is 0 Å². The summed E-state index contributed by atoms with van der Waals surface area (Å²) in [5.41, 5.74) is 4.41. The smallest absolute Gasteiger partial charge is 0.271 e. The van der Waals surface area contributed by atoms with Gasteiger partial charge in [0.25, 0.3) is 5.91 Å². The molecule has 1 saturated carbocycles. The predicted octanol–water partition coefficient (Wildman–Crippen LogP) is 3.66. The second kappa shape index (κ2) is 8.18. The topological polar surface area (TPSA) is 78.8 Å². The number of amides is 3. The summed E-state index contributed by atoms with van der Waals surface area (Å²) in [4.78, 5) is 38.8. The lowest BCUT2D eigenvalue weighted by molar-refractivity contribution is -0.122. The maximum atomic E-state index is 13.2. The Bertz CT molecular complexity index is 1010. The third-order valence-electron chi connectivity index (χ3n) is 5.80. The van der Waals surface area contributed by atoms with E-state index in [0.29, 0.717) is 11.4 Å². The first-order chi connectivity index (χ1) is 14.5. The summed E-state index contributed by atoms with van der Waals surface area (Å²) in [6, 6.07) is 12.3. The highest BCUT2D eigenvalue weighted by Crippen LogP contribution is 2.40. The van der Waals surface area contributed by atoms with Crippen molar-refractivity contribution in [1.29, 1.82) is 0 Å². The summed E-state index contributed by atoms with van der Waals surface area (Å²) in [6.45, 7) is 1.72. The molecule has 30 heavy (non-hydrogen) atoms. The van der Waals surface area contributed by atoms with Crippen molar-refractivity contribution in [3.63, 3.8) is 0 Å². The van der Waals surface area contributed by atoms with Gasteiger partial charge in [0.15, 0.2) is 0 Å². The van der Waals surface area contributed by atoms with Crippen molar-refractivity contribution in [2.45, 2.75) is 32.6 Å². The van der Waals surface area contributed by atoms with Gasteiger partial charge in [0.05, 0.1) is 23.2 Å². The molecule has 1 N–H and O–H groups in total. The molecule has 0 bridgehead atoms. The Labute approximate surface area is 173 Å². The molecule has 1 heterocycles. The molecular formula is C23H22FN3O3. The molecule has 0 aromatic heterocycles. The Balaban J connectivity index is 1.46. The first kappa shape index (κ1) is 19.9. The Morgan fingerprint density at radius 1 is 1.00 bits per heavy atom. The number of rotatable bonds is 4. The van der Waals surface area contributed by atoms with Crippen LogP contribution in [0.25, 0.3) is 0 Å². The van der Waals surface area contributed by atoms with Crippen LogP contribution in [-0.4, -0.2) is 23.4 Å². The van der Waals surface area contributed by atoms with E-state index >= 15 is 0 Å². The largest absolute Gasteiger partial charge is 0.274 e. The van der Waals surface area contributed by atoms with E-state index in [0.717, 1.165) is 37.3 Å². The SMILES string of the molecule is C/C(=N\NC(=O)c1cccc(F)c1)c1ccc(N2C(=O)C3CCCCC3C2=O)cc1. The van der Waals surface area contributed by atoms with Gasteiger partial charge in [-0.1, -0.05) is 31.0 Å². The van der Waals surface area contributed by atoms with Crippen LogP contribution in [0.15, 0.2) is 53.6 Å². The van der Waals surface area contributed by atoms with Crippen molar-refractivity contribution in [2.24, 2.45) is 16.9 Å². The lowest BCUT2D eigenvalue weighted by Crippen LogP contribution is -2.30. The van der Waals surface area contributed by atoms with E-state index in [-0.39, 0.29) is 29.2 Å². The zero-order valence-electron chi connectivity index (χ0n) is 16.6. The van der Waals surface area contributed by atoms with Crippen LogP contribution in [0.4, 0.5) is 10.1 Å². The third-order valence-corrected chi connectivity index (χ3v) is 5.80. The minimum absolute atomic E-state index is 0.106. The van der Waals surface area contributed by atoms with Gasteiger partial charge in [-0.25, -0.2) is 9.82 Å². The average molecular weight is 407 g/mol. The number of fused-ring (bicyclic) bond motifs is 1. The summed E-state index contributed by atoms with van der Waals surface area (Å²) < 4.78 is 13.2. The first-order valence-corrected chi connectivity index (χ1v) is 10.0. The number of nitrogens with one attached hydrogen (secondary N) is 1. The van der Waals surface area contributed by atoms with Crippen LogP contribution in [-0.2, 0) is 9.59 Å². The number of nitrogens with zero attached hydrogens (tertiary/aromatic N) is 2. The maximum absolute atomic E-state index is 13.2. The summed E-state index contributed by atoms with van der Waals surface area (Å²) in [5, 5.41) is 4.06. The Kier molecular flexibility index (Phi) is 5.44. The van der Waals surface area contributed by atoms with Crippen molar-refractivity contribution >= 4 is 29.1 Å². The maximum Gasteiger partial charge on any atom is 0.271 e. The number of hydrogen-bond acceptors (Lipinski definition) is 4. The van der Waals surface area contributed by atoms with Crippen molar-refractivity contribution < 1.29 is 18.8 Å². The molecule has 1 aliphatic heterocycles. The molecule has 2 aromatic carbocycles. The monoisotopic (exact) mass is 407 g/mol. The zero-order chi connectivity index (χ0) is 21.3. The lowest BCUT2D eigenvalue weighted by atomic mass is 9.81. The Hall–Kier alpha value is -3.35. The molecule has 3 amide bonds. The fourth-order valence-corrected chi connectivity index (χ4v) is 4.16. The number of imide groups is 1. The van der Waals surface area contributed by atoms with E-state index in [1.54, 1.807) is 31.2 Å². The van der Waals surface area contributed by atoms with Gasteiger partial charge in [0.1, 0.15) is 5.82 Å². The van der Waals surface area contributed by atoms with Crippen LogP contribution in [0, 0.1) is 17.7 Å². The quantitative estimate of drug-likeness (QED) is 0.477. The second-order valence-corrected chi connectivity index (χ2v) is 7.70. The molecule has 0 radical (unpaired) electrons. The first-order valence-electron chi connectivity index (χ1n) is 10.0. The van der Waals surface area contributed by atoms with Crippen LogP contribution < -0.4 is 10.3 Å². The average Bonchev–Trinajstić information content (AvgIpc) is 3.02. The molecule has 2 aromatic rings. The molecule has 1 saturated heterocycles. The number of hydrogen-bond donors (Lipinski definition) is 1. The van der Waals surface area contributed by atoms with Gasteiger partial charge < -0.3 is 0 Å². The predicted molar refractivity (Wildman–Crippen MR) is 110 cm³/mol. The van der Waals surface area contributed by atoms with Gasteiger partial charge in [0.2, 0.25) is 11.8 Å². The third kappa shape index (κ3) is 3.75. The normalized spacial score (nSPS) is 21.5. The molecular weight excluding hydrogens is 385 g/mol. The van der Waals surface area contributed by atoms with Gasteiger partial charge in [-0.2, -0.15) is 5.10 Å². The number of halogens is 1. The van der Waals surface area contributed by atoms with Crippen LogP contribution >= 0.6 is 0 Å². The summed E-state index contributed by atoms with van der Waals surface area (Å²) in [5.74, 6) is -1.60. The number of hydrazone groups is 1. The highest BCUT2D eigenvalue weighted by atomic mass is 19.1. The highest BCUT2D eigenvalue weighted by molar-refractivity contribution is 6.22. The van der Waals surface area contributed by atoms with Crippen molar-refractivity contribution in [3.05, 3.63) is 65.5 Å². The van der Waals surface area contributed by atoms with E-state index in [9.17, 15) is 18.8 Å². The number of anilines is 1. The van der Waals surface area contributed by atoms with Crippen LogP contribution in [0.5, 0.6) is 0 Å². The van der Waals surface area contributed by atoms with Gasteiger partial charge in [-0.05, 0) is 55.7 Å². The second-order valence-electron chi connectivity index (χ2n) is 7.70. The molecule has 154 valence electrons. The molecule has 0 spiro atoms. The van der Waals surface area contributed by atoms with Crippen molar-refractivity contribution in [1.82, 2.24) is 5.43 Å². The van der Waals surface area contributed by atoms with E-state index < -0.39 is 11.7 Å². The summed E-state index contributed by atoms with van der Waals surface area (Å²) in [7, 11) is 0. The molecule has 2 unspecified atom stereocenters. The Morgan fingerprint density at radius 3 is 2.23 bits per heavy atom. The minimum Gasteiger partial charge on any atom is -0.274 e. The fourth-order valence-electron chi connectivity index (χ4n) is 4.16. The summed E-state index contributed by atoms with van der Waals surface area (Å²) in [6.07, 6.45) is 3.54. The standard InChI is InChI=1S/C23H22FN3O3/c1-14(25-26-21(28)16-5-4-6-17(24)13-16)15-9-11-18(12-10-15)27-22(29)19-7-2-3-8-20(19)23(27)30/h4-6,9-13,19-20H,2-3,7-8H2,1H3,(H,26,28)/b25-14+. The molecule has 6 nitrogen and oxygen atoms in total. The van der Waals surface area contributed by atoms with Gasteiger partial charge >= 0.3 is 0 Å².